The zero-order valence-corrected chi connectivity index (χ0v) is 16.4. The summed E-state index contributed by atoms with van der Waals surface area (Å²) in [6, 6.07) is 10.5. The van der Waals surface area contributed by atoms with E-state index < -0.39 is 6.10 Å². The molecule has 1 atom stereocenters. The maximum absolute atomic E-state index is 12.1. The van der Waals surface area contributed by atoms with Crippen molar-refractivity contribution < 1.29 is 28.8 Å². The number of carbonyl (C=O) groups is 1. The maximum Gasteiger partial charge on any atom is 0.244 e. The van der Waals surface area contributed by atoms with E-state index in [0.29, 0.717) is 34.1 Å². The molecule has 28 heavy (non-hydrogen) atoms. The highest BCUT2D eigenvalue weighted by atomic mass is 16.5. The van der Waals surface area contributed by atoms with E-state index in [1.165, 1.54) is 27.4 Å². The molecule has 0 aliphatic heterocycles. The molecule has 0 aliphatic carbocycles. The van der Waals surface area contributed by atoms with Gasteiger partial charge in [-0.2, -0.15) is 0 Å². The van der Waals surface area contributed by atoms with Crippen LogP contribution < -0.4 is 24.3 Å². The molecule has 0 unspecified atom stereocenters. The van der Waals surface area contributed by atoms with Gasteiger partial charge in [-0.1, -0.05) is 12.1 Å². The van der Waals surface area contributed by atoms with E-state index in [1.54, 1.807) is 49.6 Å². The minimum absolute atomic E-state index is 0.0881. The Morgan fingerprint density at radius 1 is 1.00 bits per heavy atom. The van der Waals surface area contributed by atoms with E-state index in [-0.39, 0.29) is 12.5 Å². The first-order valence-corrected chi connectivity index (χ1v) is 8.60. The van der Waals surface area contributed by atoms with Crippen molar-refractivity contribution in [3.8, 4) is 23.0 Å². The third-order valence-corrected chi connectivity index (χ3v) is 4.08. The lowest BCUT2D eigenvalue weighted by Crippen LogP contribution is -2.26. The highest BCUT2D eigenvalue weighted by Gasteiger charge is 2.12. The van der Waals surface area contributed by atoms with E-state index in [1.807, 2.05) is 0 Å². The summed E-state index contributed by atoms with van der Waals surface area (Å²) in [5.41, 5.74) is 1.40. The summed E-state index contributed by atoms with van der Waals surface area (Å²) in [4.78, 5) is 12.1. The van der Waals surface area contributed by atoms with E-state index >= 15 is 0 Å². The third-order valence-electron chi connectivity index (χ3n) is 4.08. The average molecular weight is 387 g/mol. The highest BCUT2D eigenvalue weighted by molar-refractivity contribution is 5.91. The van der Waals surface area contributed by atoms with Gasteiger partial charge in [-0.25, -0.2) is 0 Å². The van der Waals surface area contributed by atoms with Crippen LogP contribution in [-0.4, -0.2) is 46.0 Å². The van der Waals surface area contributed by atoms with E-state index in [4.69, 9.17) is 18.9 Å². The Labute approximate surface area is 164 Å². The predicted molar refractivity (Wildman–Crippen MR) is 106 cm³/mol. The fraction of sp³-hybridized carbons (Fsp3) is 0.286. The van der Waals surface area contributed by atoms with Crippen molar-refractivity contribution in [3.05, 3.63) is 53.6 Å². The summed E-state index contributed by atoms with van der Waals surface area (Å²) in [6.07, 6.45) is 2.19. The van der Waals surface area contributed by atoms with Crippen LogP contribution in [0.1, 0.15) is 17.2 Å². The molecule has 0 saturated carbocycles. The second-order valence-electron chi connectivity index (χ2n) is 5.83. The van der Waals surface area contributed by atoms with Gasteiger partial charge in [0.05, 0.1) is 34.5 Å². The lowest BCUT2D eigenvalue weighted by Gasteiger charge is -2.13. The molecule has 7 heteroatoms. The van der Waals surface area contributed by atoms with Gasteiger partial charge in [-0.05, 0) is 41.5 Å². The number of methoxy groups -OCH3 is 4. The van der Waals surface area contributed by atoms with Gasteiger partial charge >= 0.3 is 0 Å². The molecule has 2 rings (SSSR count). The summed E-state index contributed by atoms with van der Waals surface area (Å²) in [5, 5.41) is 12.9. The van der Waals surface area contributed by atoms with Crippen LogP contribution in [0.3, 0.4) is 0 Å². The molecule has 150 valence electrons. The van der Waals surface area contributed by atoms with Crippen molar-refractivity contribution in [2.75, 3.05) is 35.0 Å². The lowest BCUT2D eigenvalue weighted by atomic mass is 10.1. The van der Waals surface area contributed by atoms with Crippen LogP contribution in [0.25, 0.3) is 6.08 Å². The van der Waals surface area contributed by atoms with Crippen molar-refractivity contribution in [2.24, 2.45) is 0 Å². The minimum atomic E-state index is -0.815. The fourth-order valence-corrected chi connectivity index (χ4v) is 2.57. The number of rotatable bonds is 9. The zero-order chi connectivity index (χ0) is 20.5. The minimum Gasteiger partial charge on any atom is -0.497 e. The molecule has 1 amide bonds. The summed E-state index contributed by atoms with van der Waals surface area (Å²) in [6.45, 7) is 0.0881. The molecule has 0 radical (unpaired) electrons. The van der Waals surface area contributed by atoms with Crippen LogP contribution in [0.5, 0.6) is 23.0 Å². The molecule has 0 aliphatic rings. The monoisotopic (exact) mass is 387 g/mol. The first-order valence-electron chi connectivity index (χ1n) is 8.60. The largest absolute Gasteiger partial charge is 0.497 e. The Balaban J connectivity index is 1.99. The number of carbonyl (C=O) groups excluding carboxylic acids is 1. The number of hydrogen-bond acceptors (Lipinski definition) is 6. The first-order chi connectivity index (χ1) is 13.5. The van der Waals surface area contributed by atoms with Crippen molar-refractivity contribution in [3.63, 3.8) is 0 Å². The number of aliphatic hydroxyl groups is 1. The summed E-state index contributed by atoms with van der Waals surface area (Å²) < 4.78 is 20.9. The van der Waals surface area contributed by atoms with Crippen molar-refractivity contribution >= 4 is 12.0 Å². The van der Waals surface area contributed by atoms with Crippen LogP contribution in [0.4, 0.5) is 0 Å². The van der Waals surface area contributed by atoms with E-state index in [9.17, 15) is 9.90 Å². The van der Waals surface area contributed by atoms with Crippen LogP contribution in [-0.2, 0) is 4.79 Å². The molecule has 0 saturated heterocycles. The summed E-state index contributed by atoms with van der Waals surface area (Å²) in [5.74, 6) is 1.84. The Morgan fingerprint density at radius 2 is 1.61 bits per heavy atom. The van der Waals surface area contributed by atoms with Crippen LogP contribution in [0.15, 0.2) is 42.5 Å². The summed E-state index contributed by atoms with van der Waals surface area (Å²) in [7, 11) is 6.15. The van der Waals surface area contributed by atoms with Gasteiger partial charge in [0, 0.05) is 12.6 Å². The average Bonchev–Trinajstić information content (AvgIpc) is 2.74. The smallest absolute Gasteiger partial charge is 0.244 e. The fourth-order valence-electron chi connectivity index (χ4n) is 2.57. The SMILES string of the molecule is COc1ccc([C@H](O)CNC(=O)/C=C/c2cc(OC)c(OC)c(OC)c2)cc1. The van der Waals surface area contributed by atoms with Gasteiger partial charge in [0.1, 0.15) is 5.75 Å². The maximum atomic E-state index is 12.1. The molecule has 7 nitrogen and oxygen atoms in total. The van der Waals surface area contributed by atoms with E-state index in [2.05, 4.69) is 5.32 Å². The molecule has 2 aromatic rings. The molecule has 0 aromatic heterocycles. The predicted octanol–water partition coefficient (Wildman–Crippen LogP) is 2.58. The molecule has 2 aromatic carbocycles. The van der Waals surface area contributed by atoms with Gasteiger partial charge in [-0.15, -0.1) is 0 Å². The number of ether oxygens (including phenoxy) is 4. The van der Waals surface area contributed by atoms with Crippen LogP contribution >= 0.6 is 0 Å². The molecular formula is C21H25NO6. The second kappa shape index (κ2) is 10.2. The Bertz CT molecular complexity index is 791. The van der Waals surface area contributed by atoms with Crippen LogP contribution in [0.2, 0.25) is 0 Å². The number of hydrogen-bond donors (Lipinski definition) is 2. The third kappa shape index (κ3) is 5.40. The quantitative estimate of drug-likeness (QED) is 0.643. The molecular weight excluding hydrogens is 362 g/mol. The molecule has 0 heterocycles. The Hall–Kier alpha value is -3.19. The van der Waals surface area contributed by atoms with Gasteiger partial charge in [0.15, 0.2) is 11.5 Å². The van der Waals surface area contributed by atoms with Gasteiger partial charge in [0.25, 0.3) is 0 Å². The second-order valence-corrected chi connectivity index (χ2v) is 5.83. The summed E-state index contributed by atoms with van der Waals surface area (Å²) >= 11 is 0. The van der Waals surface area contributed by atoms with E-state index in [0.717, 1.165) is 0 Å². The first kappa shape index (κ1) is 21.1. The topological polar surface area (TPSA) is 86.3 Å². The standard InChI is InChI=1S/C21H25NO6/c1-25-16-8-6-15(7-9-16)17(23)13-22-20(24)10-5-14-11-18(26-2)21(28-4)19(12-14)27-3/h5-12,17,23H,13H2,1-4H3,(H,22,24)/b10-5+/t17-/m1/s1. The Kier molecular flexibility index (Phi) is 7.71. The number of aliphatic hydroxyl groups excluding tert-OH is 1. The molecule has 0 spiro atoms. The van der Waals surface area contributed by atoms with Gasteiger partial charge in [0.2, 0.25) is 11.7 Å². The number of nitrogens with one attached hydrogen (secondary N) is 1. The van der Waals surface area contributed by atoms with Crippen LogP contribution in [0, 0.1) is 0 Å². The van der Waals surface area contributed by atoms with Crippen molar-refractivity contribution in [1.29, 1.82) is 0 Å². The van der Waals surface area contributed by atoms with Gasteiger partial charge in [-0.3, -0.25) is 4.79 Å². The molecule has 0 bridgehead atoms. The normalized spacial score (nSPS) is 11.8. The Morgan fingerprint density at radius 3 is 2.11 bits per heavy atom. The zero-order valence-electron chi connectivity index (χ0n) is 16.4. The van der Waals surface area contributed by atoms with Gasteiger partial charge < -0.3 is 29.4 Å². The molecule has 0 fully saturated rings. The molecule has 2 N–H and O–H groups in total. The van der Waals surface area contributed by atoms with Crippen molar-refractivity contribution in [2.45, 2.75) is 6.10 Å². The lowest BCUT2D eigenvalue weighted by molar-refractivity contribution is -0.116. The van der Waals surface area contributed by atoms with Crippen molar-refractivity contribution in [1.82, 2.24) is 5.32 Å². The highest BCUT2D eigenvalue weighted by Crippen LogP contribution is 2.38. The number of benzene rings is 2. The number of amides is 1.